The number of halogens is 2. The van der Waals surface area contributed by atoms with Crippen LogP contribution in [-0.4, -0.2) is 25.7 Å². The van der Waals surface area contributed by atoms with Gasteiger partial charge in [0.05, 0.1) is 6.20 Å². The molecule has 2 aromatic heterocycles. The fourth-order valence-electron chi connectivity index (χ4n) is 4.29. The Bertz CT molecular complexity index is 1670. The molecule has 3 aromatic carbocycles. The number of carbonyl (C=O) groups is 1. The van der Waals surface area contributed by atoms with E-state index in [-0.39, 0.29) is 35.6 Å². The Kier molecular flexibility index (Phi) is 8.69. The smallest absolute Gasteiger partial charge is 0.277 e. The Labute approximate surface area is 239 Å². The number of amides is 1. The second-order valence-electron chi connectivity index (χ2n) is 9.56. The fourth-order valence-corrected chi connectivity index (χ4v) is 5.21. The molecule has 208 valence electrons. The molecule has 0 aliphatic rings. The van der Waals surface area contributed by atoms with Crippen LogP contribution in [0.1, 0.15) is 35.1 Å². The van der Waals surface area contributed by atoms with E-state index in [0.29, 0.717) is 23.0 Å². The zero-order valence-electron chi connectivity index (χ0n) is 22.2. The van der Waals surface area contributed by atoms with E-state index < -0.39 is 0 Å². The molecule has 0 aliphatic heterocycles. The number of nitrogens with zero attached hydrogens (tertiary/aromatic N) is 3. The van der Waals surface area contributed by atoms with Crippen molar-refractivity contribution in [3.63, 3.8) is 0 Å². The van der Waals surface area contributed by atoms with Crippen molar-refractivity contribution in [3.05, 3.63) is 136 Å². The maximum atomic E-state index is 13.3. The van der Waals surface area contributed by atoms with E-state index in [2.05, 4.69) is 20.5 Å². The molecule has 0 saturated carbocycles. The lowest BCUT2D eigenvalue weighted by Crippen LogP contribution is -2.30. The highest BCUT2D eigenvalue weighted by Crippen LogP contribution is 2.25. The van der Waals surface area contributed by atoms with Crippen LogP contribution in [0, 0.1) is 11.6 Å². The van der Waals surface area contributed by atoms with Crippen molar-refractivity contribution in [2.45, 2.75) is 36.8 Å². The van der Waals surface area contributed by atoms with Crippen molar-refractivity contribution in [2.24, 2.45) is 0 Å². The minimum atomic E-state index is -0.377. The van der Waals surface area contributed by atoms with Crippen LogP contribution < -0.4 is 10.9 Å². The molecule has 0 bridgehead atoms. The van der Waals surface area contributed by atoms with Crippen LogP contribution >= 0.6 is 11.8 Å². The molecule has 5 rings (SSSR count). The van der Waals surface area contributed by atoms with Crippen LogP contribution in [0.25, 0.3) is 11.1 Å². The number of aromatic nitrogens is 4. The quantitative estimate of drug-likeness (QED) is 0.166. The number of benzene rings is 3. The molecule has 7 nitrogen and oxygen atoms in total. The van der Waals surface area contributed by atoms with Crippen LogP contribution in [0.5, 0.6) is 0 Å². The van der Waals surface area contributed by atoms with Crippen LogP contribution in [-0.2, 0) is 23.6 Å². The monoisotopic (exact) mass is 571 g/mol. The second-order valence-corrected chi connectivity index (χ2v) is 10.5. The largest absolute Gasteiger partial charge is 0.350 e. The average molecular weight is 572 g/mol. The van der Waals surface area contributed by atoms with Gasteiger partial charge < -0.3 is 9.88 Å². The lowest BCUT2D eigenvalue weighted by Gasteiger charge is -2.16. The number of aromatic amines is 1. The van der Waals surface area contributed by atoms with E-state index in [0.717, 1.165) is 27.8 Å². The Morgan fingerprint density at radius 2 is 1.56 bits per heavy atom. The van der Waals surface area contributed by atoms with Gasteiger partial charge in [-0.05, 0) is 52.1 Å². The molecule has 2 N–H and O–H groups in total. The van der Waals surface area contributed by atoms with Gasteiger partial charge in [0, 0.05) is 36.2 Å². The van der Waals surface area contributed by atoms with E-state index in [9.17, 15) is 18.4 Å². The Balaban J connectivity index is 1.30. The zero-order valence-corrected chi connectivity index (χ0v) is 23.0. The van der Waals surface area contributed by atoms with Crippen LogP contribution in [0.4, 0.5) is 8.78 Å². The van der Waals surface area contributed by atoms with Crippen molar-refractivity contribution in [3.8, 4) is 11.1 Å². The number of thioether (sulfide) groups is 1. The van der Waals surface area contributed by atoms with Gasteiger partial charge in [-0.1, -0.05) is 67.2 Å². The van der Waals surface area contributed by atoms with Crippen LogP contribution in [0.15, 0.2) is 101 Å². The van der Waals surface area contributed by atoms with Gasteiger partial charge in [-0.3, -0.25) is 14.7 Å². The summed E-state index contributed by atoms with van der Waals surface area (Å²) >= 11 is 1.30. The maximum absolute atomic E-state index is 13.3. The third kappa shape index (κ3) is 7.15. The van der Waals surface area contributed by atoms with Crippen LogP contribution in [0.3, 0.4) is 0 Å². The van der Waals surface area contributed by atoms with Gasteiger partial charge in [0.2, 0.25) is 5.91 Å². The average Bonchev–Trinajstić information content (AvgIpc) is 3.52. The van der Waals surface area contributed by atoms with Gasteiger partial charge >= 0.3 is 0 Å². The zero-order chi connectivity index (χ0) is 28.8. The summed E-state index contributed by atoms with van der Waals surface area (Å²) in [4.78, 5) is 30.3. The summed E-state index contributed by atoms with van der Waals surface area (Å²) in [7, 11) is 0. The Morgan fingerprint density at radius 1 is 0.951 bits per heavy atom. The van der Waals surface area contributed by atoms with Crippen LogP contribution in [0.2, 0.25) is 0 Å². The van der Waals surface area contributed by atoms with E-state index in [1.807, 2.05) is 31.2 Å². The molecule has 41 heavy (non-hydrogen) atoms. The molecule has 5 aromatic rings. The highest BCUT2D eigenvalue weighted by molar-refractivity contribution is 7.98. The molecule has 1 amide bonds. The predicted molar refractivity (Wildman–Crippen MR) is 154 cm³/mol. The standard InChI is InChI=1S/C31H27F2N5O2S/c1-20(25-15-35-36-16-25)28-17-38(31(37-30(28)40)41-19-22-4-10-26(32)11-5-22)18-29(39)34-14-21-2-6-23(7-3-21)24-8-12-27(33)13-9-24/h2-13,15-17,20H,14,18-19H2,1H3,(H,34,39)(H,35,36). The lowest BCUT2D eigenvalue weighted by molar-refractivity contribution is -0.122. The number of H-pyrrole nitrogens is 1. The summed E-state index contributed by atoms with van der Waals surface area (Å²) in [5.41, 5.74) is 4.51. The third-order valence-electron chi connectivity index (χ3n) is 6.69. The SMILES string of the molecule is CC(c1cn[nH]c1)c1cn(CC(=O)NCc2ccc(-c3ccc(F)cc3)cc2)c(SCc2ccc(F)cc2)nc1=O. The molecule has 1 unspecified atom stereocenters. The topological polar surface area (TPSA) is 92.7 Å². The number of rotatable bonds is 10. The third-order valence-corrected chi connectivity index (χ3v) is 7.75. The number of hydrogen-bond acceptors (Lipinski definition) is 5. The molecular weight excluding hydrogens is 544 g/mol. The van der Waals surface area contributed by atoms with E-state index in [1.54, 1.807) is 47.4 Å². The first-order valence-corrected chi connectivity index (χ1v) is 13.9. The van der Waals surface area contributed by atoms with Gasteiger partial charge in [0.25, 0.3) is 5.56 Å². The number of nitrogens with one attached hydrogen (secondary N) is 2. The van der Waals surface area contributed by atoms with Crippen molar-refractivity contribution >= 4 is 17.7 Å². The van der Waals surface area contributed by atoms with Gasteiger partial charge in [-0.15, -0.1) is 0 Å². The van der Waals surface area contributed by atoms with Gasteiger partial charge in [-0.25, -0.2) is 8.78 Å². The Hall–Kier alpha value is -4.57. The van der Waals surface area contributed by atoms with Gasteiger partial charge in [-0.2, -0.15) is 10.1 Å². The van der Waals surface area contributed by atoms with E-state index in [1.165, 1.54) is 36.0 Å². The second kappa shape index (κ2) is 12.7. The first-order chi connectivity index (χ1) is 19.9. The first kappa shape index (κ1) is 28.0. The molecule has 0 aliphatic carbocycles. The summed E-state index contributed by atoms with van der Waals surface area (Å²) in [6.07, 6.45) is 5.05. The molecule has 2 heterocycles. The molecule has 1 atom stereocenters. The van der Waals surface area contributed by atoms with Crippen molar-refractivity contribution in [2.75, 3.05) is 0 Å². The lowest BCUT2D eigenvalue weighted by atomic mass is 9.98. The minimum Gasteiger partial charge on any atom is -0.350 e. The first-order valence-electron chi connectivity index (χ1n) is 12.9. The van der Waals surface area contributed by atoms with E-state index in [4.69, 9.17) is 0 Å². The van der Waals surface area contributed by atoms with Crippen molar-refractivity contribution < 1.29 is 13.6 Å². The predicted octanol–water partition coefficient (Wildman–Crippen LogP) is 5.67. The molecule has 0 radical (unpaired) electrons. The van der Waals surface area contributed by atoms with Crippen molar-refractivity contribution in [1.82, 2.24) is 25.1 Å². The maximum Gasteiger partial charge on any atom is 0.277 e. The summed E-state index contributed by atoms with van der Waals surface area (Å²) < 4.78 is 28.2. The van der Waals surface area contributed by atoms with Crippen molar-refractivity contribution in [1.29, 1.82) is 0 Å². The summed E-state index contributed by atoms with van der Waals surface area (Å²) in [6, 6.07) is 20.1. The minimum absolute atomic E-state index is 0.0438. The molecule has 10 heteroatoms. The van der Waals surface area contributed by atoms with Gasteiger partial charge in [0.1, 0.15) is 18.2 Å². The summed E-state index contributed by atoms with van der Waals surface area (Å²) in [6.45, 7) is 2.15. The summed E-state index contributed by atoms with van der Waals surface area (Å²) in [5, 5.41) is 10.1. The normalized spacial score (nSPS) is 11.8. The highest BCUT2D eigenvalue weighted by atomic mass is 32.2. The van der Waals surface area contributed by atoms with E-state index >= 15 is 0 Å². The fraction of sp³-hybridized carbons (Fsp3) is 0.161. The molecule has 0 fully saturated rings. The number of carbonyl (C=O) groups excluding carboxylic acids is 1. The molecular formula is C31H27F2N5O2S. The highest BCUT2D eigenvalue weighted by Gasteiger charge is 2.18. The summed E-state index contributed by atoms with van der Waals surface area (Å²) in [5.74, 6) is -0.688. The molecule has 0 saturated heterocycles. The number of hydrogen-bond donors (Lipinski definition) is 2. The van der Waals surface area contributed by atoms with Gasteiger partial charge in [0.15, 0.2) is 5.16 Å². The Morgan fingerprint density at radius 3 is 2.20 bits per heavy atom. The molecule has 0 spiro atoms.